The molecule has 2 aromatic rings. The zero-order chi connectivity index (χ0) is 23.0. The summed E-state index contributed by atoms with van der Waals surface area (Å²) in [6, 6.07) is 5.30. The van der Waals surface area contributed by atoms with E-state index in [0.29, 0.717) is 18.4 Å². The van der Waals surface area contributed by atoms with Crippen molar-refractivity contribution in [2.75, 3.05) is 7.05 Å². The third-order valence-corrected chi connectivity index (χ3v) is 3.90. The molecule has 0 unspecified atom stereocenters. The van der Waals surface area contributed by atoms with Crippen molar-refractivity contribution >= 4 is 12.2 Å². The van der Waals surface area contributed by atoms with Gasteiger partial charge in [0.05, 0.1) is 17.7 Å². The van der Waals surface area contributed by atoms with Crippen LogP contribution in [0.3, 0.4) is 0 Å². The molecule has 31 heavy (non-hydrogen) atoms. The quantitative estimate of drug-likeness (QED) is 0.253. The van der Waals surface area contributed by atoms with Gasteiger partial charge in [-0.15, -0.1) is 0 Å². The van der Waals surface area contributed by atoms with Crippen LogP contribution >= 0.6 is 0 Å². The maximum Gasteiger partial charge on any atom is 0.416 e. The fourth-order valence-electron chi connectivity index (χ4n) is 2.44. The Morgan fingerprint density at radius 2 is 1.90 bits per heavy atom. The average Bonchev–Trinajstić information content (AvgIpc) is 2.72. The minimum Gasteiger partial charge on any atom is -0.456 e. The first-order valence-electron chi connectivity index (χ1n) is 8.78. The summed E-state index contributed by atoms with van der Waals surface area (Å²) in [5.41, 5.74) is -1.32. The molecule has 0 heterocycles. The molecule has 0 spiro atoms. The molecule has 3 N–H and O–H groups in total. The minimum atomic E-state index is -4.71. The van der Waals surface area contributed by atoms with E-state index in [1.807, 2.05) is 0 Å². The van der Waals surface area contributed by atoms with Crippen LogP contribution in [0.15, 0.2) is 60.4 Å². The summed E-state index contributed by atoms with van der Waals surface area (Å²) < 4.78 is 58.4. The Balaban J connectivity index is 2.50. The number of aldehydes is 1. The first kappa shape index (κ1) is 23.6. The Hall–Kier alpha value is -3.66. The number of nitrogens with one attached hydrogen (secondary N) is 2. The van der Waals surface area contributed by atoms with E-state index in [1.165, 1.54) is 12.3 Å². The zero-order valence-electron chi connectivity index (χ0n) is 16.2. The van der Waals surface area contributed by atoms with E-state index in [-0.39, 0.29) is 22.6 Å². The number of aliphatic hydroxyl groups is 1. The van der Waals surface area contributed by atoms with Gasteiger partial charge in [-0.05, 0) is 48.7 Å². The summed E-state index contributed by atoms with van der Waals surface area (Å²) in [5.74, 6) is -2.14. The molecule has 0 saturated carbocycles. The van der Waals surface area contributed by atoms with Crippen LogP contribution < -0.4 is 15.4 Å². The number of halogens is 4. The molecule has 10 heteroatoms. The van der Waals surface area contributed by atoms with Gasteiger partial charge in [-0.1, -0.05) is 0 Å². The number of allylic oxidation sites excluding steroid dienone is 2. The molecule has 0 fully saturated rings. The maximum atomic E-state index is 13.4. The zero-order valence-corrected chi connectivity index (χ0v) is 16.2. The second-order valence-corrected chi connectivity index (χ2v) is 6.06. The molecule has 164 valence electrons. The second kappa shape index (κ2) is 10.4. The summed E-state index contributed by atoms with van der Waals surface area (Å²) in [4.78, 5) is 23.5. The van der Waals surface area contributed by atoms with Crippen LogP contribution in [0, 0.1) is 5.82 Å². The van der Waals surface area contributed by atoms with E-state index in [0.717, 1.165) is 30.3 Å². The van der Waals surface area contributed by atoms with Crippen molar-refractivity contribution < 1.29 is 37.0 Å². The van der Waals surface area contributed by atoms with Gasteiger partial charge in [-0.2, -0.15) is 13.2 Å². The molecule has 6 nitrogen and oxygen atoms in total. The Bertz CT molecular complexity index is 1020. The van der Waals surface area contributed by atoms with E-state index in [4.69, 9.17) is 4.74 Å². The summed E-state index contributed by atoms with van der Waals surface area (Å²) in [7, 11) is 1.58. The van der Waals surface area contributed by atoms with Gasteiger partial charge < -0.3 is 20.5 Å². The largest absolute Gasteiger partial charge is 0.456 e. The standard InChI is InChI=1S/C21H18F4N2O4/c1-26-8-6-16(7-9-28)27-20(30)17-4-2-14(21(23,24)25)11-19(17)31-18-5-3-15(22)10-13(18)12-29/h2-11,26,29H,12H2,1H3,(H,27,30)/b8-6-,16-7+. The van der Waals surface area contributed by atoms with Gasteiger partial charge in [0.15, 0.2) is 0 Å². The first-order valence-corrected chi connectivity index (χ1v) is 8.78. The third-order valence-electron chi connectivity index (χ3n) is 3.90. The van der Waals surface area contributed by atoms with Crippen LogP contribution in [0.5, 0.6) is 11.5 Å². The number of hydrogen-bond acceptors (Lipinski definition) is 5. The highest BCUT2D eigenvalue weighted by atomic mass is 19.4. The normalized spacial score (nSPS) is 12.0. The van der Waals surface area contributed by atoms with Crippen molar-refractivity contribution in [3.8, 4) is 11.5 Å². The lowest BCUT2D eigenvalue weighted by atomic mass is 10.1. The van der Waals surface area contributed by atoms with Crippen molar-refractivity contribution in [2.45, 2.75) is 12.8 Å². The molecule has 2 aromatic carbocycles. The molecule has 0 bridgehead atoms. The number of ether oxygens (including phenoxy) is 1. The summed E-state index contributed by atoms with van der Waals surface area (Å²) in [6.45, 7) is -0.644. The van der Waals surface area contributed by atoms with Crippen molar-refractivity contribution in [1.29, 1.82) is 0 Å². The number of carbonyl (C=O) groups excluding carboxylic acids is 2. The van der Waals surface area contributed by atoms with Crippen LogP contribution in [0.25, 0.3) is 0 Å². The van der Waals surface area contributed by atoms with Crippen LogP contribution in [0.2, 0.25) is 0 Å². The van der Waals surface area contributed by atoms with Gasteiger partial charge >= 0.3 is 6.18 Å². The lowest BCUT2D eigenvalue weighted by Gasteiger charge is -2.16. The molecule has 0 aliphatic heterocycles. The lowest BCUT2D eigenvalue weighted by Crippen LogP contribution is -2.23. The van der Waals surface area contributed by atoms with E-state index in [1.54, 1.807) is 7.05 Å². The smallest absolute Gasteiger partial charge is 0.416 e. The molecule has 2 rings (SSSR count). The number of rotatable bonds is 8. The van der Waals surface area contributed by atoms with Gasteiger partial charge in [-0.25, -0.2) is 4.39 Å². The Morgan fingerprint density at radius 3 is 2.52 bits per heavy atom. The molecular weight excluding hydrogens is 420 g/mol. The monoisotopic (exact) mass is 438 g/mol. The molecule has 0 aromatic heterocycles. The van der Waals surface area contributed by atoms with Gasteiger partial charge in [0, 0.05) is 24.4 Å². The van der Waals surface area contributed by atoms with Crippen LogP contribution in [0.1, 0.15) is 21.5 Å². The summed E-state index contributed by atoms with van der Waals surface area (Å²) in [6.07, 6.45) is -0.466. The Labute approximate surface area is 174 Å². The molecule has 1 amide bonds. The van der Waals surface area contributed by atoms with Gasteiger partial charge in [0.2, 0.25) is 0 Å². The van der Waals surface area contributed by atoms with Gasteiger partial charge in [0.25, 0.3) is 5.91 Å². The highest BCUT2D eigenvalue weighted by Crippen LogP contribution is 2.36. The molecule has 0 radical (unpaired) electrons. The number of hydrogen-bond donors (Lipinski definition) is 3. The second-order valence-electron chi connectivity index (χ2n) is 6.06. The van der Waals surface area contributed by atoms with Crippen LogP contribution in [0.4, 0.5) is 17.6 Å². The molecule has 0 saturated heterocycles. The maximum absolute atomic E-state index is 13.4. The summed E-state index contributed by atoms with van der Waals surface area (Å²) in [5, 5.41) is 14.4. The molecule has 0 aliphatic rings. The minimum absolute atomic E-state index is 0.0257. The van der Waals surface area contributed by atoms with Gasteiger partial charge in [-0.3, -0.25) is 9.59 Å². The Kier molecular flexibility index (Phi) is 7.92. The fraction of sp³-hybridized carbons (Fsp3) is 0.143. The third kappa shape index (κ3) is 6.41. The van der Waals surface area contributed by atoms with E-state index in [2.05, 4.69) is 10.6 Å². The molecular formula is C21H18F4N2O4. The van der Waals surface area contributed by atoms with Gasteiger partial charge in [0.1, 0.15) is 23.6 Å². The average molecular weight is 438 g/mol. The van der Waals surface area contributed by atoms with E-state index < -0.39 is 35.8 Å². The molecule has 0 atom stereocenters. The number of aliphatic hydroxyl groups excluding tert-OH is 1. The van der Waals surface area contributed by atoms with E-state index >= 15 is 0 Å². The van der Waals surface area contributed by atoms with Crippen LogP contribution in [-0.4, -0.2) is 24.3 Å². The number of alkyl halides is 3. The van der Waals surface area contributed by atoms with Crippen molar-refractivity contribution in [2.24, 2.45) is 0 Å². The van der Waals surface area contributed by atoms with Crippen molar-refractivity contribution in [3.05, 3.63) is 83.0 Å². The Morgan fingerprint density at radius 1 is 1.16 bits per heavy atom. The number of carbonyl (C=O) groups is 2. The lowest BCUT2D eigenvalue weighted by molar-refractivity contribution is -0.137. The topological polar surface area (TPSA) is 87.7 Å². The van der Waals surface area contributed by atoms with Crippen LogP contribution in [-0.2, 0) is 17.6 Å². The summed E-state index contributed by atoms with van der Waals surface area (Å²) >= 11 is 0. The predicted octanol–water partition coefficient (Wildman–Crippen LogP) is 3.67. The number of amides is 1. The SMILES string of the molecule is CN/C=C\C(=C/C=O)NC(=O)c1ccc(C(F)(F)F)cc1Oc1ccc(F)cc1CO. The van der Waals surface area contributed by atoms with Crippen molar-refractivity contribution in [3.63, 3.8) is 0 Å². The van der Waals surface area contributed by atoms with E-state index in [9.17, 15) is 32.3 Å². The predicted molar refractivity (Wildman–Crippen MR) is 104 cm³/mol. The number of benzene rings is 2. The highest BCUT2D eigenvalue weighted by Gasteiger charge is 2.32. The highest BCUT2D eigenvalue weighted by molar-refractivity contribution is 5.98. The fourth-order valence-corrected chi connectivity index (χ4v) is 2.44. The first-order chi connectivity index (χ1) is 14.7. The van der Waals surface area contributed by atoms with Crippen molar-refractivity contribution in [1.82, 2.24) is 10.6 Å². The molecule has 0 aliphatic carbocycles.